The van der Waals surface area contributed by atoms with Crippen LogP contribution >= 0.6 is 0 Å². The second kappa shape index (κ2) is 4.94. The van der Waals surface area contributed by atoms with E-state index >= 15 is 0 Å². The Hall–Kier alpha value is -1.61. The molecular formula is C13H15NO2. The van der Waals surface area contributed by atoms with Crippen molar-refractivity contribution in [3.05, 3.63) is 48.6 Å². The number of methoxy groups -OCH3 is 1. The van der Waals surface area contributed by atoms with Crippen LogP contribution in [0, 0.1) is 0 Å². The standard InChI is InChI=1S/C13H15NO2/c1-3-12-14-11(9-15-2)13(16-12)10-7-5-4-6-8-10/h3-8,11,13H,1,9H2,2H3. The second-order valence-electron chi connectivity index (χ2n) is 3.64. The summed E-state index contributed by atoms with van der Waals surface area (Å²) < 4.78 is 10.9. The topological polar surface area (TPSA) is 30.8 Å². The van der Waals surface area contributed by atoms with E-state index in [4.69, 9.17) is 9.47 Å². The minimum atomic E-state index is -0.0610. The molecule has 1 heterocycles. The molecule has 0 bridgehead atoms. The maximum Gasteiger partial charge on any atom is 0.209 e. The average Bonchev–Trinajstić information content (AvgIpc) is 2.74. The van der Waals surface area contributed by atoms with E-state index in [1.807, 2.05) is 30.3 Å². The SMILES string of the molecule is C=CC1=NC(COC)C(c2ccccc2)O1. The lowest BCUT2D eigenvalue weighted by Crippen LogP contribution is -2.19. The molecule has 3 nitrogen and oxygen atoms in total. The highest BCUT2D eigenvalue weighted by Gasteiger charge is 2.30. The van der Waals surface area contributed by atoms with E-state index in [9.17, 15) is 0 Å². The zero-order valence-electron chi connectivity index (χ0n) is 9.30. The molecule has 2 unspecified atom stereocenters. The zero-order chi connectivity index (χ0) is 11.4. The van der Waals surface area contributed by atoms with Crippen molar-refractivity contribution in [2.24, 2.45) is 4.99 Å². The Labute approximate surface area is 95.4 Å². The number of ether oxygens (including phenoxy) is 2. The number of hydrogen-bond acceptors (Lipinski definition) is 3. The molecule has 1 aliphatic heterocycles. The van der Waals surface area contributed by atoms with Gasteiger partial charge in [0.1, 0.15) is 6.04 Å². The van der Waals surface area contributed by atoms with E-state index in [-0.39, 0.29) is 12.1 Å². The van der Waals surface area contributed by atoms with Gasteiger partial charge in [0.25, 0.3) is 0 Å². The molecule has 2 rings (SSSR count). The number of aliphatic imine (C=N–C) groups is 1. The molecule has 3 heteroatoms. The van der Waals surface area contributed by atoms with Gasteiger partial charge in [-0.15, -0.1) is 0 Å². The molecule has 0 saturated heterocycles. The third-order valence-corrected chi connectivity index (χ3v) is 2.53. The Morgan fingerprint density at radius 3 is 2.81 bits per heavy atom. The lowest BCUT2D eigenvalue weighted by atomic mass is 10.0. The van der Waals surface area contributed by atoms with Crippen molar-refractivity contribution in [1.82, 2.24) is 0 Å². The summed E-state index contributed by atoms with van der Waals surface area (Å²) in [7, 11) is 1.67. The molecule has 0 fully saturated rings. The summed E-state index contributed by atoms with van der Waals surface area (Å²) in [6.07, 6.45) is 1.57. The van der Waals surface area contributed by atoms with Crippen molar-refractivity contribution in [3.63, 3.8) is 0 Å². The second-order valence-corrected chi connectivity index (χ2v) is 3.64. The van der Waals surface area contributed by atoms with Crippen LogP contribution in [0.5, 0.6) is 0 Å². The van der Waals surface area contributed by atoms with E-state index in [1.165, 1.54) is 0 Å². The molecule has 0 aromatic heterocycles. The number of rotatable bonds is 4. The molecule has 1 aliphatic rings. The quantitative estimate of drug-likeness (QED) is 0.775. The lowest BCUT2D eigenvalue weighted by Gasteiger charge is -2.16. The summed E-state index contributed by atoms with van der Waals surface area (Å²) >= 11 is 0. The van der Waals surface area contributed by atoms with Crippen LogP contribution in [-0.2, 0) is 9.47 Å². The van der Waals surface area contributed by atoms with Crippen LogP contribution in [0.2, 0.25) is 0 Å². The Morgan fingerprint density at radius 2 is 2.19 bits per heavy atom. The summed E-state index contributed by atoms with van der Waals surface area (Å²) in [6.45, 7) is 4.22. The van der Waals surface area contributed by atoms with Crippen molar-refractivity contribution in [2.45, 2.75) is 12.1 Å². The van der Waals surface area contributed by atoms with Crippen LogP contribution in [0.1, 0.15) is 11.7 Å². The average molecular weight is 217 g/mol. The first-order chi connectivity index (χ1) is 7.85. The van der Waals surface area contributed by atoms with Crippen LogP contribution in [0.4, 0.5) is 0 Å². The molecule has 16 heavy (non-hydrogen) atoms. The molecule has 0 saturated carbocycles. The highest BCUT2D eigenvalue weighted by molar-refractivity contribution is 5.88. The molecule has 84 valence electrons. The molecule has 1 aromatic carbocycles. The molecule has 0 radical (unpaired) electrons. The van der Waals surface area contributed by atoms with Gasteiger partial charge in [0.05, 0.1) is 6.61 Å². The molecule has 2 atom stereocenters. The van der Waals surface area contributed by atoms with Crippen molar-refractivity contribution >= 4 is 5.90 Å². The van der Waals surface area contributed by atoms with Crippen LogP contribution in [0.15, 0.2) is 48.0 Å². The van der Waals surface area contributed by atoms with Gasteiger partial charge in [-0.25, -0.2) is 4.99 Å². The van der Waals surface area contributed by atoms with E-state index < -0.39 is 0 Å². The maximum absolute atomic E-state index is 5.71. The molecular weight excluding hydrogens is 202 g/mol. The molecule has 0 N–H and O–H groups in total. The summed E-state index contributed by atoms with van der Waals surface area (Å²) in [6, 6.07) is 10.1. The van der Waals surface area contributed by atoms with Gasteiger partial charge in [0, 0.05) is 7.11 Å². The number of benzene rings is 1. The fourth-order valence-electron chi connectivity index (χ4n) is 1.80. The molecule has 1 aromatic rings. The highest BCUT2D eigenvalue weighted by atomic mass is 16.5. The Balaban J connectivity index is 2.19. The lowest BCUT2D eigenvalue weighted by molar-refractivity contribution is 0.120. The van der Waals surface area contributed by atoms with Gasteiger partial charge >= 0.3 is 0 Å². The van der Waals surface area contributed by atoms with E-state index in [0.29, 0.717) is 12.5 Å². The van der Waals surface area contributed by atoms with Gasteiger partial charge in [0.15, 0.2) is 6.10 Å². The Kier molecular flexibility index (Phi) is 3.37. The van der Waals surface area contributed by atoms with Gasteiger partial charge in [-0.1, -0.05) is 36.9 Å². The first-order valence-corrected chi connectivity index (χ1v) is 5.26. The van der Waals surface area contributed by atoms with Crippen molar-refractivity contribution in [2.75, 3.05) is 13.7 Å². The smallest absolute Gasteiger partial charge is 0.209 e. The van der Waals surface area contributed by atoms with Crippen molar-refractivity contribution < 1.29 is 9.47 Å². The van der Waals surface area contributed by atoms with Gasteiger partial charge in [0.2, 0.25) is 5.90 Å². The van der Waals surface area contributed by atoms with Crippen LogP contribution in [0.3, 0.4) is 0 Å². The molecule has 0 spiro atoms. The Bertz CT molecular complexity index is 386. The van der Waals surface area contributed by atoms with E-state index in [1.54, 1.807) is 13.2 Å². The van der Waals surface area contributed by atoms with Gasteiger partial charge in [-0.2, -0.15) is 0 Å². The summed E-state index contributed by atoms with van der Waals surface area (Å²) in [5, 5.41) is 0. The zero-order valence-corrected chi connectivity index (χ0v) is 9.30. The van der Waals surface area contributed by atoms with Gasteiger partial charge in [-0.3, -0.25) is 0 Å². The predicted molar refractivity (Wildman–Crippen MR) is 63.6 cm³/mol. The number of nitrogens with zero attached hydrogens (tertiary/aromatic N) is 1. The Morgan fingerprint density at radius 1 is 1.44 bits per heavy atom. The minimum Gasteiger partial charge on any atom is -0.467 e. The fourth-order valence-corrected chi connectivity index (χ4v) is 1.80. The van der Waals surface area contributed by atoms with Gasteiger partial charge in [-0.05, 0) is 11.6 Å². The minimum absolute atomic E-state index is 0.0143. The van der Waals surface area contributed by atoms with Crippen LogP contribution in [-0.4, -0.2) is 25.7 Å². The molecule has 0 amide bonds. The third kappa shape index (κ3) is 2.14. The first kappa shape index (κ1) is 10.9. The predicted octanol–water partition coefficient (Wildman–Crippen LogP) is 2.36. The van der Waals surface area contributed by atoms with Crippen molar-refractivity contribution in [1.29, 1.82) is 0 Å². The monoisotopic (exact) mass is 217 g/mol. The first-order valence-electron chi connectivity index (χ1n) is 5.26. The summed E-state index contributed by atoms with van der Waals surface area (Å²) in [4.78, 5) is 4.41. The van der Waals surface area contributed by atoms with Crippen LogP contribution < -0.4 is 0 Å². The summed E-state index contributed by atoms with van der Waals surface area (Å²) in [5.74, 6) is 0.593. The third-order valence-electron chi connectivity index (χ3n) is 2.53. The maximum atomic E-state index is 5.71. The van der Waals surface area contributed by atoms with Gasteiger partial charge < -0.3 is 9.47 Å². The molecule has 0 aliphatic carbocycles. The van der Waals surface area contributed by atoms with E-state index in [2.05, 4.69) is 11.6 Å². The van der Waals surface area contributed by atoms with Crippen molar-refractivity contribution in [3.8, 4) is 0 Å². The van der Waals surface area contributed by atoms with Crippen LogP contribution in [0.25, 0.3) is 0 Å². The van der Waals surface area contributed by atoms with E-state index in [0.717, 1.165) is 5.56 Å². The summed E-state index contributed by atoms with van der Waals surface area (Å²) in [5.41, 5.74) is 1.12. The fraction of sp³-hybridized carbons (Fsp3) is 0.308. The number of hydrogen-bond donors (Lipinski definition) is 0. The highest BCUT2D eigenvalue weighted by Crippen LogP contribution is 2.29. The largest absolute Gasteiger partial charge is 0.467 e. The normalized spacial score (nSPS) is 23.7.